The highest BCUT2D eigenvalue weighted by atomic mass is 35.5. The van der Waals surface area contributed by atoms with E-state index in [1.807, 2.05) is 30.3 Å². The van der Waals surface area contributed by atoms with Gasteiger partial charge >= 0.3 is 0 Å². The minimum atomic E-state index is -0.475. The summed E-state index contributed by atoms with van der Waals surface area (Å²) >= 11 is 11.9. The lowest BCUT2D eigenvalue weighted by molar-refractivity contribution is -0.123. The number of nitrogens with one attached hydrogen (secondary N) is 1. The maximum Gasteiger partial charge on any atom is 0.277 e. The minimum absolute atomic E-state index is 0.0728. The van der Waals surface area contributed by atoms with Gasteiger partial charge in [0.15, 0.2) is 6.61 Å². The van der Waals surface area contributed by atoms with Crippen molar-refractivity contribution < 1.29 is 14.6 Å². The fourth-order valence-corrected chi connectivity index (χ4v) is 2.71. The first-order chi connectivity index (χ1) is 12.6. The van der Waals surface area contributed by atoms with E-state index in [0.717, 1.165) is 10.8 Å². The average molecular weight is 389 g/mol. The monoisotopic (exact) mass is 388 g/mol. The highest BCUT2D eigenvalue weighted by Crippen LogP contribution is 2.31. The van der Waals surface area contributed by atoms with Crippen molar-refractivity contribution in [2.45, 2.75) is 0 Å². The summed E-state index contributed by atoms with van der Waals surface area (Å²) in [6.07, 6.45) is 1.39. The van der Waals surface area contributed by atoms with Crippen LogP contribution in [0.15, 0.2) is 59.7 Å². The molecule has 0 aliphatic heterocycles. The molecule has 2 N–H and O–H groups in total. The number of hydrogen-bond donors (Lipinski definition) is 2. The fourth-order valence-electron chi connectivity index (χ4n) is 2.36. The summed E-state index contributed by atoms with van der Waals surface area (Å²) in [7, 11) is 0. The van der Waals surface area contributed by atoms with Crippen LogP contribution in [-0.2, 0) is 4.79 Å². The fraction of sp³-hybridized carbons (Fsp3) is 0.0526. The Morgan fingerprint density at radius 2 is 1.92 bits per heavy atom. The van der Waals surface area contributed by atoms with E-state index in [-0.39, 0.29) is 17.4 Å². The lowest BCUT2D eigenvalue weighted by Gasteiger charge is -2.08. The summed E-state index contributed by atoms with van der Waals surface area (Å²) in [6, 6.07) is 15.8. The standard InChI is InChI=1S/C19H14Cl2N2O3/c20-15-6-3-7-17(19(15)21)26-11-18(25)23-22-10-14-13-5-2-1-4-12(13)8-9-16(14)24/h1-10,24H,11H2,(H,23,25). The molecule has 0 radical (unpaired) electrons. The number of phenolic OH excluding ortho intramolecular Hbond substituents is 1. The van der Waals surface area contributed by atoms with Gasteiger partial charge in [0.2, 0.25) is 0 Å². The van der Waals surface area contributed by atoms with Crippen LogP contribution < -0.4 is 10.2 Å². The Balaban J connectivity index is 1.65. The molecule has 3 aromatic carbocycles. The molecular formula is C19H14Cl2N2O3. The predicted molar refractivity (Wildman–Crippen MR) is 103 cm³/mol. The van der Waals surface area contributed by atoms with Crippen LogP contribution in [0.5, 0.6) is 11.5 Å². The number of phenols is 1. The van der Waals surface area contributed by atoms with Crippen LogP contribution >= 0.6 is 23.2 Å². The first kappa shape index (κ1) is 18.0. The maximum absolute atomic E-state index is 11.9. The summed E-state index contributed by atoms with van der Waals surface area (Å²) in [5.41, 5.74) is 2.86. The molecule has 0 fully saturated rings. The number of hydrogen-bond acceptors (Lipinski definition) is 4. The summed E-state index contributed by atoms with van der Waals surface area (Å²) in [6.45, 7) is -0.279. The Hall–Kier alpha value is -2.76. The first-order valence-electron chi connectivity index (χ1n) is 7.65. The summed E-state index contributed by atoms with van der Waals surface area (Å²) < 4.78 is 5.32. The van der Waals surface area contributed by atoms with Crippen molar-refractivity contribution in [3.05, 3.63) is 70.2 Å². The second-order valence-electron chi connectivity index (χ2n) is 5.35. The van der Waals surface area contributed by atoms with Crippen LogP contribution in [0.25, 0.3) is 10.8 Å². The molecule has 5 nitrogen and oxygen atoms in total. The van der Waals surface area contributed by atoms with Crippen molar-refractivity contribution in [3.8, 4) is 11.5 Å². The van der Waals surface area contributed by atoms with E-state index in [2.05, 4.69) is 10.5 Å². The van der Waals surface area contributed by atoms with E-state index in [1.54, 1.807) is 24.3 Å². The highest BCUT2D eigenvalue weighted by molar-refractivity contribution is 6.42. The van der Waals surface area contributed by atoms with Crippen LogP contribution in [-0.4, -0.2) is 23.8 Å². The number of carbonyl (C=O) groups is 1. The molecular weight excluding hydrogens is 375 g/mol. The Labute approximate surface area is 159 Å². The number of benzene rings is 3. The molecule has 0 atom stereocenters. The smallest absolute Gasteiger partial charge is 0.277 e. The van der Waals surface area contributed by atoms with Crippen LogP contribution in [0.3, 0.4) is 0 Å². The number of hydrazone groups is 1. The molecule has 3 rings (SSSR count). The number of nitrogens with zero attached hydrogens (tertiary/aromatic N) is 1. The van der Waals surface area contributed by atoms with Crippen molar-refractivity contribution in [2.75, 3.05) is 6.61 Å². The normalized spacial score (nSPS) is 11.0. The molecule has 0 aromatic heterocycles. The van der Waals surface area contributed by atoms with Crippen molar-refractivity contribution in [1.82, 2.24) is 5.43 Å². The number of ether oxygens (including phenoxy) is 1. The third-order valence-corrected chi connectivity index (χ3v) is 4.41. The number of fused-ring (bicyclic) bond motifs is 1. The molecule has 0 aliphatic rings. The first-order valence-corrected chi connectivity index (χ1v) is 8.41. The summed E-state index contributed by atoms with van der Waals surface area (Å²) in [5.74, 6) is -0.0920. The zero-order valence-corrected chi connectivity index (χ0v) is 15.0. The Morgan fingerprint density at radius 3 is 2.77 bits per heavy atom. The lowest BCUT2D eigenvalue weighted by Crippen LogP contribution is -2.24. The van der Waals surface area contributed by atoms with E-state index in [0.29, 0.717) is 16.3 Å². The van der Waals surface area contributed by atoms with Gasteiger partial charge in [-0.05, 0) is 29.0 Å². The Kier molecular flexibility index (Phi) is 5.61. The quantitative estimate of drug-likeness (QED) is 0.503. The van der Waals surface area contributed by atoms with Crippen LogP contribution in [0.1, 0.15) is 5.56 Å². The van der Waals surface area contributed by atoms with Gasteiger partial charge in [0.05, 0.1) is 11.2 Å². The van der Waals surface area contributed by atoms with E-state index in [4.69, 9.17) is 27.9 Å². The van der Waals surface area contributed by atoms with Crippen LogP contribution in [0.4, 0.5) is 0 Å². The van der Waals surface area contributed by atoms with Crippen LogP contribution in [0.2, 0.25) is 10.0 Å². The molecule has 0 saturated carbocycles. The van der Waals surface area contributed by atoms with Gasteiger partial charge in [0, 0.05) is 5.56 Å². The second kappa shape index (κ2) is 8.08. The van der Waals surface area contributed by atoms with Gasteiger partial charge in [-0.1, -0.05) is 59.6 Å². The van der Waals surface area contributed by atoms with Gasteiger partial charge in [-0.2, -0.15) is 5.10 Å². The average Bonchev–Trinajstić information content (AvgIpc) is 2.65. The Morgan fingerprint density at radius 1 is 1.12 bits per heavy atom. The van der Waals surface area contributed by atoms with Crippen LogP contribution in [0, 0.1) is 0 Å². The van der Waals surface area contributed by atoms with Gasteiger partial charge < -0.3 is 9.84 Å². The van der Waals surface area contributed by atoms with Crippen molar-refractivity contribution in [1.29, 1.82) is 0 Å². The molecule has 0 unspecified atom stereocenters. The second-order valence-corrected chi connectivity index (χ2v) is 6.14. The molecule has 3 aromatic rings. The summed E-state index contributed by atoms with van der Waals surface area (Å²) in [5, 5.41) is 16.3. The number of halogens is 2. The van der Waals surface area contributed by atoms with Crippen molar-refractivity contribution in [3.63, 3.8) is 0 Å². The van der Waals surface area contributed by atoms with Crippen molar-refractivity contribution in [2.24, 2.45) is 5.10 Å². The molecule has 0 saturated heterocycles. The number of aromatic hydroxyl groups is 1. The predicted octanol–water partition coefficient (Wildman–Crippen LogP) is 4.38. The Bertz CT molecular complexity index is 990. The molecule has 0 aliphatic carbocycles. The topological polar surface area (TPSA) is 70.9 Å². The van der Waals surface area contributed by atoms with Gasteiger partial charge in [0.1, 0.15) is 16.5 Å². The van der Waals surface area contributed by atoms with E-state index < -0.39 is 5.91 Å². The SMILES string of the molecule is O=C(COc1cccc(Cl)c1Cl)NN=Cc1c(O)ccc2ccccc12. The minimum Gasteiger partial charge on any atom is -0.507 e. The highest BCUT2D eigenvalue weighted by Gasteiger charge is 2.08. The maximum atomic E-state index is 11.9. The van der Waals surface area contributed by atoms with Gasteiger partial charge in [-0.25, -0.2) is 5.43 Å². The summed E-state index contributed by atoms with van der Waals surface area (Å²) in [4.78, 5) is 11.9. The zero-order valence-electron chi connectivity index (χ0n) is 13.4. The van der Waals surface area contributed by atoms with E-state index in [1.165, 1.54) is 6.21 Å². The number of rotatable bonds is 5. The molecule has 0 spiro atoms. The number of carbonyl (C=O) groups excluding carboxylic acids is 1. The molecule has 132 valence electrons. The molecule has 0 heterocycles. The van der Waals surface area contributed by atoms with Gasteiger partial charge in [-0.15, -0.1) is 0 Å². The third kappa shape index (κ3) is 4.07. The molecule has 7 heteroatoms. The van der Waals surface area contributed by atoms with Crippen molar-refractivity contribution >= 4 is 46.1 Å². The zero-order chi connectivity index (χ0) is 18.5. The van der Waals surface area contributed by atoms with Gasteiger partial charge in [0.25, 0.3) is 5.91 Å². The number of amides is 1. The molecule has 0 bridgehead atoms. The lowest BCUT2D eigenvalue weighted by atomic mass is 10.0. The molecule has 1 amide bonds. The molecule has 26 heavy (non-hydrogen) atoms. The largest absolute Gasteiger partial charge is 0.507 e. The van der Waals surface area contributed by atoms with Gasteiger partial charge in [-0.3, -0.25) is 4.79 Å². The van der Waals surface area contributed by atoms with E-state index in [9.17, 15) is 9.90 Å². The third-order valence-electron chi connectivity index (χ3n) is 3.61. The van der Waals surface area contributed by atoms with E-state index >= 15 is 0 Å².